The minimum atomic E-state index is -0.532. The molecule has 1 aliphatic heterocycles. The number of benzene rings is 2. The zero-order valence-corrected chi connectivity index (χ0v) is 16.0. The lowest BCUT2D eigenvalue weighted by Gasteiger charge is -2.29. The monoisotopic (exact) mass is 365 g/mol. The van der Waals surface area contributed by atoms with Crippen LogP contribution in [0.3, 0.4) is 0 Å². The van der Waals surface area contributed by atoms with E-state index in [4.69, 9.17) is 5.73 Å². The van der Waals surface area contributed by atoms with Crippen LogP contribution in [-0.2, 0) is 11.2 Å². The summed E-state index contributed by atoms with van der Waals surface area (Å²) >= 11 is 0. The first kappa shape index (κ1) is 19.0. The zero-order chi connectivity index (χ0) is 19.4. The number of piperidine rings is 1. The lowest BCUT2D eigenvalue weighted by atomic mass is 10.0. The molecule has 5 nitrogen and oxygen atoms in total. The maximum Gasteiger partial charge on any atom is 0.250 e. The van der Waals surface area contributed by atoms with Crippen LogP contribution in [0.1, 0.15) is 46.3 Å². The van der Waals surface area contributed by atoms with E-state index in [1.807, 2.05) is 38.1 Å². The molecule has 2 amide bonds. The van der Waals surface area contributed by atoms with Crippen LogP contribution in [-0.4, -0.2) is 24.9 Å². The lowest BCUT2D eigenvalue weighted by Crippen LogP contribution is -2.30. The Hall–Kier alpha value is -2.82. The molecule has 142 valence electrons. The second-order valence-electron chi connectivity index (χ2n) is 7.29. The van der Waals surface area contributed by atoms with E-state index in [0.29, 0.717) is 11.3 Å². The van der Waals surface area contributed by atoms with Gasteiger partial charge < -0.3 is 16.0 Å². The van der Waals surface area contributed by atoms with Crippen LogP contribution in [0.5, 0.6) is 0 Å². The van der Waals surface area contributed by atoms with Gasteiger partial charge in [-0.1, -0.05) is 18.2 Å². The van der Waals surface area contributed by atoms with Crippen LogP contribution in [0.25, 0.3) is 0 Å². The third-order valence-corrected chi connectivity index (χ3v) is 5.20. The molecule has 2 aromatic carbocycles. The van der Waals surface area contributed by atoms with Gasteiger partial charge in [-0.2, -0.15) is 0 Å². The number of aryl methyl sites for hydroxylation is 2. The molecule has 0 unspecified atom stereocenters. The molecule has 2 aromatic rings. The highest BCUT2D eigenvalue weighted by Gasteiger charge is 2.16. The Morgan fingerprint density at radius 3 is 2.41 bits per heavy atom. The Morgan fingerprint density at radius 1 is 1.00 bits per heavy atom. The number of nitrogens with two attached hydrogens (primary N) is 1. The fraction of sp³-hybridized carbons (Fsp3) is 0.364. The molecule has 1 aliphatic rings. The normalized spacial score (nSPS) is 14.1. The summed E-state index contributed by atoms with van der Waals surface area (Å²) in [6.45, 7) is 6.04. The smallest absolute Gasteiger partial charge is 0.250 e. The van der Waals surface area contributed by atoms with Crippen LogP contribution in [0.15, 0.2) is 36.4 Å². The number of rotatable bonds is 5. The summed E-state index contributed by atoms with van der Waals surface area (Å²) < 4.78 is 0. The van der Waals surface area contributed by atoms with Crippen LogP contribution >= 0.6 is 0 Å². The number of hydrogen-bond donors (Lipinski definition) is 2. The number of nitrogens with one attached hydrogen (secondary N) is 1. The summed E-state index contributed by atoms with van der Waals surface area (Å²) in [7, 11) is 0. The van der Waals surface area contributed by atoms with Crippen LogP contribution < -0.4 is 16.0 Å². The Labute approximate surface area is 160 Å². The predicted octanol–water partition coefficient (Wildman–Crippen LogP) is 3.57. The van der Waals surface area contributed by atoms with E-state index in [0.717, 1.165) is 42.7 Å². The van der Waals surface area contributed by atoms with E-state index in [1.165, 1.54) is 12.0 Å². The van der Waals surface area contributed by atoms with Crippen molar-refractivity contribution < 1.29 is 9.59 Å². The van der Waals surface area contributed by atoms with Crippen molar-refractivity contribution in [2.75, 3.05) is 23.3 Å². The fourth-order valence-corrected chi connectivity index (χ4v) is 3.49. The Balaban J connectivity index is 1.75. The van der Waals surface area contributed by atoms with Crippen LogP contribution in [0.2, 0.25) is 0 Å². The maximum absolute atomic E-state index is 12.5. The minimum absolute atomic E-state index is 0.161. The van der Waals surface area contributed by atoms with Gasteiger partial charge in [0, 0.05) is 18.8 Å². The van der Waals surface area contributed by atoms with E-state index in [-0.39, 0.29) is 12.3 Å². The molecule has 0 aliphatic carbocycles. The van der Waals surface area contributed by atoms with Crippen LogP contribution in [0, 0.1) is 13.8 Å². The third kappa shape index (κ3) is 4.67. The Kier molecular flexibility index (Phi) is 5.79. The number of carbonyl (C=O) groups is 2. The van der Waals surface area contributed by atoms with E-state index >= 15 is 0 Å². The summed E-state index contributed by atoms with van der Waals surface area (Å²) in [5, 5.41) is 2.85. The Bertz CT molecular complexity index is 855. The van der Waals surface area contributed by atoms with Gasteiger partial charge >= 0.3 is 0 Å². The number of amides is 2. The van der Waals surface area contributed by atoms with Crippen molar-refractivity contribution in [3.63, 3.8) is 0 Å². The number of hydrogen-bond acceptors (Lipinski definition) is 3. The summed E-state index contributed by atoms with van der Waals surface area (Å²) in [4.78, 5) is 26.7. The molecule has 0 atom stereocenters. The molecule has 1 heterocycles. The quantitative estimate of drug-likeness (QED) is 0.850. The molecule has 3 rings (SSSR count). The fourth-order valence-electron chi connectivity index (χ4n) is 3.49. The highest BCUT2D eigenvalue weighted by molar-refractivity contribution is 6.04. The van der Waals surface area contributed by atoms with Gasteiger partial charge in [0.25, 0.3) is 5.91 Å². The molecule has 5 heteroatoms. The van der Waals surface area contributed by atoms with Gasteiger partial charge in [0.2, 0.25) is 5.91 Å². The molecule has 27 heavy (non-hydrogen) atoms. The van der Waals surface area contributed by atoms with Gasteiger partial charge in [-0.25, -0.2) is 0 Å². The molecule has 0 spiro atoms. The van der Waals surface area contributed by atoms with Gasteiger partial charge in [-0.15, -0.1) is 0 Å². The SMILES string of the molecule is Cc1ccc(CC(=O)Nc2ccc(N3CCCCC3)cc2C(N)=O)cc1C. The first-order chi connectivity index (χ1) is 12.9. The van der Waals surface area contributed by atoms with Crippen molar-refractivity contribution in [3.05, 3.63) is 58.7 Å². The van der Waals surface area contributed by atoms with Crippen LogP contribution in [0.4, 0.5) is 11.4 Å². The standard InChI is InChI=1S/C22H27N3O2/c1-15-6-7-17(12-16(15)2)13-21(26)24-20-9-8-18(14-19(20)22(23)27)25-10-4-3-5-11-25/h6-9,12,14H,3-5,10-11,13H2,1-2H3,(H2,23,27)(H,24,26). The van der Waals surface area contributed by atoms with Gasteiger partial charge in [0.15, 0.2) is 0 Å². The zero-order valence-electron chi connectivity index (χ0n) is 16.0. The highest BCUT2D eigenvalue weighted by Crippen LogP contribution is 2.26. The second kappa shape index (κ2) is 8.25. The second-order valence-corrected chi connectivity index (χ2v) is 7.29. The molecule has 0 aromatic heterocycles. The van der Waals surface area contributed by atoms with E-state index in [1.54, 1.807) is 12.1 Å². The van der Waals surface area contributed by atoms with Crippen molar-refractivity contribution in [2.45, 2.75) is 39.5 Å². The van der Waals surface area contributed by atoms with Gasteiger partial charge in [0.05, 0.1) is 17.7 Å². The first-order valence-corrected chi connectivity index (χ1v) is 9.49. The summed E-state index contributed by atoms with van der Waals surface area (Å²) in [6.07, 6.45) is 3.81. The summed E-state index contributed by atoms with van der Waals surface area (Å²) in [5.41, 5.74) is 10.7. The molecule has 1 fully saturated rings. The maximum atomic E-state index is 12.5. The molecule has 0 bridgehead atoms. The minimum Gasteiger partial charge on any atom is -0.372 e. The number of carbonyl (C=O) groups excluding carboxylic acids is 2. The largest absolute Gasteiger partial charge is 0.372 e. The topological polar surface area (TPSA) is 75.4 Å². The van der Waals surface area contributed by atoms with Crippen molar-refractivity contribution >= 4 is 23.2 Å². The summed E-state index contributed by atoms with van der Waals surface area (Å²) in [5.74, 6) is -0.693. The lowest BCUT2D eigenvalue weighted by molar-refractivity contribution is -0.115. The molecule has 0 radical (unpaired) electrons. The highest BCUT2D eigenvalue weighted by atomic mass is 16.2. The van der Waals surface area contributed by atoms with Gasteiger partial charge in [0.1, 0.15) is 0 Å². The number of primary amides is 1. The molecule has 1 saturated heterocycles. The Morgan fingerprint density at radius 2 is 1.74 bits per heavy atom. The van der Waals surface area contributed by atoms with E-state index in [9.17, 15) is 9.59 Å². The van der Waals surface area contributed by atoms with Crippen molar-refractivity contribution in [2.24, 2.45) is 5.73 Å². The molecule has 3 N–H and O–H groups in total. The van der Waals surface area contributed by atoms with Crippen molar-refractivity contribution in [1.82, 2.24) is 0 Å². The van der Waals surface area contributed by atoms with E-state index in [2.05, 4.69) is 10.2 Å². The average molecular weight is 365 g/mol. The van der Waals surface area contributed by atoms with Crippen molar-refractivity contribution in [1.29, 1.82) is 0 Å². The molecular weight excluding hydrogens is 338 g/mol. The first-order valence-electron chi connectivity index (χ1n) is 9.49. The van der Waals surface area contributed by atoms with Gasteiger partial charge in [-0.05, 0) is 68.0 Å². The average Bonchev–Trinajstić information content (AvgIpc) is 2.65. The predicted molar refractivity (Wildman–Crippen MR) is 109 cm³/mol. The number of nitrogens with zero attached hydrogens (tertiary/aromatic N) is 1. The van der Waals surface area contributed by atoms with Gasteiger partial charge in [-0.3, -0.25) is 9.59 Å². The number of anilines is 2. The van der Waals surface area contributed by atoms with E-state index < -0.39 is 5.91 Å². The molecule has 0 saturated carbocycles. The molecular formula is C22H27N3O2. The van der Waals surface area contributed by atoms with Crippen molar-refractivity contribution in [3.8, 4) is 0 Å². The third-order valence-electron chi connectivity index (χ3n) is 5.20. The summed E-state index contributed by atoms with van der Waals surface area (Å²) in [6, 6.07) is 11.5.